The highest BCUT2D eigenvalue weighted by Crippen LogP contribution is 2.21. The Balaban J connectivity index is 0.00000364. The highest BCUT2D eigenvalue weighted by atomic mass is 127. The van der Waals surface area contributed by atoms with Crippen molar-refractivity contribution in [3.8, 4) is 0 Å². The summed E-state index contributed by atoms with van der Waals surface area (Å²) in [5.41, 5.74) is 1.30. The normalized spacial score (nSPS) is 11.4. The number of amides is 1. The Morgan fingerprint density at radius 3 is 2.37 bits per heavy atom. The largest absolute Gasteiger partial charge is 0.356 e. The van der Waals surface area contributed by atoms with Gasteiger partial charge in [0.25, 0.3) is 5.91 Å². The minimum absolute atomic E-state index is 0. The predicted molar refractivity (Wildman–Crippen MR) is 126 cm³/mol. The zero-order valence-electron chi connectivity index (χ0n) is 16.1. The van der Waals surface area contributed by atoms with Crippen molar-refractivity contribution in [3.05, 3.63) is 58.3 Å². The van der Waals surface area contributed by atoms with Crippen molar-refractivity contribution in [1.29, 1.82) is 0 Å². The van der Waals surface area contributed by atoms with Gasteiger partial charge in [0.05, 0.1) is 4.88 Å². The number of halogens is 1. The molecule has 5 nitrogen and oxygen atoms in total. The molecule has 0 bridgehead atoms. The fraction of sp³-hybridized carbons (Fsp3) is 0.400. The molecule has 3 N–H and O–H groups in total. The van der Waals surface area contributed by atoms with Gasteiger partial charge in [-0.25, -0.2) is 0 Å². The van der Waals surface area contributed by atoms with Crippen LogP contribution < -0.4 is 16.0 Å². The molecule has 2 aromatic rings. The molecule has 0 aliphatic carbocycles. The highest BCUT2D eigenvalue weighted by molar-refractivity contribution is 14.0. The summed E-state index contributed by atoms with van der Waals surface area (Å²) in [6, 6.07) is 14.2. The molecule has 0 saturated heterocycles. The van der Waals surface area contributed by atoms with E-state index in [2.05, 4.69) is 59.1 Å². The first-order valence-corrected chi connectivity index (χ1v) is 9.72. The Morgan fingerprint density at radius 2 is 1.74 bits per heavy atom. The fourth-order valence-corrected chi connectivity index (χ4v) is 3.15. The van der Waals surface area contributed by atoms with Gasteiger partial charge in [-0.1, -0.05) is 50.2 Å². The summed E-state index contributed by atoms with van der Waals surface area (Å²) >= 11 is 1.45. The SMILES string of the molecule is CN=C(NCCCNC(=O)c1cccs1)NCC(C)(C)c1ccccc1.I. The third-order valence-electron chi connectivity index (χ3n) is 4.15. The maximum Gasteiger partial charge on any atom is 0.261 e. The van der Waals surface area contributed by atoms with E-state index in [0.29, 0.717) is 6.54 Å². The Morgan fingerprint density at radius 1 is 1.04 bits per heavy atom. The van der Waals surface area contributed by atoms with Gasteiger partial charge in [0.2, 0.25) is 0 Å². The number of rotatable bonds is 8. The first-order chi connectivity index (χ1) is 12.5. The highest BCUT2D eigenvalue weighted by Gasteiger charge is 2.20. The van der Waals surface area contributed by atoms with Crippen LogP contribution in [0.4, 0.5) is 0 Å². The smallest absolute Gasteiger partial charge is 0.261 e. The lowest BCUT2D eigenvalue weighted by atomic mass is 9.85. The number of guanidine groups is 1. The first-order valence-electron chi connectivity index (χ1n) is 8.85. The Bertz CT molecular complexity index is 702. The predicted octanol–water partition coefficient (Wildman–Crippen LogP) is 3.63. The maximum atomic E-state index is 11.8. The van der Waals surface area contributed by atoms with Gasteiger partial charge < -0.3 is 16.0 Å². The molecular weight excluding hydrogens is 471 g/mol. The van der Waals surface area contributed by atoms with Crippen molar-refractivity contribution in [2.24, 2.45) is 4.99 Å². The van der Waals surface area contributed by atoms with Crippen LogP contribution in [0.1, 0.15) is 35.5 Å². The van der Waals surface area contributed by atoms with E-state index in [1.807, 2.05) is 23.6 Å². The molecule has 2 rings (SSSR count). The molecule has 0 spiro atoms. The number of hydrogen-bond acceptors (Lipinski definition) is 3. The zero-order chi connectivity index (χ0) is 18.8. The lowest BCUT2D eigenvalue weighted by Crippen LogP contribution is -2.44. The molecule has 1 amide bonds. The second kappa shape index (κ2) is 12.0. The molecule has 0 fully saturated rings. The van der Waals surface area contributed by atoms with Crippen LogP contribution in [0.15, 0.2) is 52.8 Å². The number of carbonyl (C=O) groups is 1. The average Bonchev–Trinajstić information content (AvgIpc) is 3.19. The van der Waals surface area contributed by atoms with Crippen LogP contribution in [0.2, 0.25) is 0 Å². The van der Waals surface area contributed by atoms with Crippen molar-refractivity contribution in [2.45, 2.75) is 25.7 Å². The number of thiophene rings is 1. The van der Waals surface area contributed by atoms with E-state index in [1.54, 1.807) is 7.05 Å². The average molecular weight is 500 g/mol. The molecule has 7 heteroatoms. The summed E-state index contributed by atoms with van der Waals surface area (Å²) in [7, 11) is 1.77. The molecule has 0 atom stereocenters. The molecule has 1 aromatic carbocycles. The van der Waals surface area contributed by atoms with Crippen LogP contribution in [0.25, 0.3) is 0 Å². The molecule has 27 heavy (non-hydrogen) atoms. The topological polar surface area (TPSA) is 65.5 Å². The molecule has 0 saturated carbocycles. The number of carbonyl (C=O) groups excluding carboxylic acids is 1. The molecule has 0 radical (unpaired) electrons. The van der Waals surface area contributed by atoms with Crippen LogP contribution >= 0.6 is 35.3 Å². The van der Waals surface area contributed by atoms with E-state index < -0.39 is 0 Å². The van der Waals surface area contributed by atoms with Crippen molar-refractivity contribution < 1.29 is 4.79 Å². The van der Waals surface area contributed by atoms with Gasteiger partial charge in [0.15, 0.2) is 5.96 Å². The van der Waals surface area contributed by atoms with Crippen molar-refractivity contribution in [1.82, 2.24) is 16.0 Å². The molecule has 1 heterocycles. The van der Waals surface area contributed by atoms with E-state index in [9.17, 15) is 4.79 Å². The minimum atomic E-state index is -0.00730. The monoisotopic (exact) mass is 500 g/mol. The molecule has 0 aliphatic heterocycles. The Labute approximate surface area is 183 Å². The van der Waals surface area contributed by atoms with Crippen LogP contribution in [0, 0.1) is 0 Å². The summed E-state index contributed by atoms with van der Waals surface area (Å²) in [6.45, 7) is 6.59. The maximum absolute atomic E-state index is 11.8. The van der Waals surface area contributed by atoms with Gasteiger partial charge >= 0.3 is 0 Å². The van der Waals surface area contributed by atoms with Crippen LogP contribution in [0.3, 0.4) is 0 Å². The van der Waals surface area contributed by atoms with Gasteiger partial charge in [0, 0.05) is 32.1 Å². The summed E-state index contributed by atoms with van der Waals surface area (Å²) in [5, 5.41) is 11.5. The third kappa shape index (κ3) is 7.88. The van der Waals surface area contributed by atoms with E-state index in [1.165, 1.54) is 16.9 Å². The van der Waals surface area contributed by atoms with Gasteiger partial charge in [0.1, 0.15) is 0 Å². The van der Waals surface area contributed by atoms with Crippen LogP contribution in [-0.2, 0) is 5.41 Å². The fourth-order valence-electron chi connectivity index (χ4n) is 2.51. The quantitative estimate of drug-likeness (QED) is 0.225. The Kier molecular flexibility index (Phi) is 10.4. The zero-order valence-corrected chi connectivity index (χ0v) is 19.3. The summed E-state index contributed by atoms with van der Waals surface area (Å²) in [6.07, 6.45) is 0.833. The number of hydrogen-bond donors (Lipinski definition) is 3. The first kappa shape index (κ1) is 23.4. The molecule has 1 aromatic heterocycles. The van der Waals surface area contributed by atoms with E-state index in [0.717, 1.165) is 30.3 Å². The summed E-state index contributed by atoms with van der Waals surface area (Å²) in [5.74, 6) is 0.769. The van der Waals surface area contributed by atoms with Crippen LogP contribution in [0.5, 0.6) is 0 Å². The van der Waals surface area contributed by atoms with E-state index >= 15 is 0 Å². The van der Waals surface area contributed by atoms with Crippen molar-refractivity contribution in [3.63, 3.8) is 0 Å². The molecule has 148 valence electrons. The van der Waals surface area contributed by atoms with Gasteiger partial charge in [-0.3, -0.25) is 9.79 Å². The number of aliphatic imine (C=N–C) groups is 1. The van der Waals surface area contributed by atoms with E-state index in [4.69, 9.17) is 0 Å². The second-order valence-electron chi connectivity index (χ2n) is 6.69. The van der Waals surface area contributed by atoms with Gasteiger partial charge in [-0.15, -0.1) is 35.3 Å². The second-order valence-corrected chi connectivity index (χ2v) is 7.64. The standard InChI is InChI=1S/C20H28N4OS.HI/c1-20(2,16-9-5-4-6-10-16)15-24-19(21-3)23-13-8-12-22-18(25)17-11-7-14-26-17;/h4-7,9-11,14H,8,12-13,15H2,1-3H3,(H,22,25)(H2,21,23,24);1H. The molecule has 0 aliphatic rings. The number of nitrogens with one attached hydrogen (secondary N) is 3. The van der Waals surface area contributed by atoms with E-state index in [-0.39, 0.29) is 35.3 Å². The number of nitrogens with zero attached hydrogens (tertiary/aromatic N) is 1. The lowest BCUT2D eigenvalue weighted by Gasteiger charge is -2.26. The third-order valence-corrected chi connectivity index (χ3v) is 5.02. The van der Waals surface area contributed by atoms with Gasteiger partial charge in [-0.05, 0) is 23.4 Å². The lowest BCUT2D eigenvalue weighted by molar-refractivity contribution is 0.0957. The Hall–Kier alpha value is -1.61. The number of benzene rings is 1. The van der Waals surface area contributed by atoms with Gasteiger partial charge in [-0.2, -0.15) is 0 Å². The molecule has 0 unspecified atom stereocenters. The summed E-state index contributed by atoms with van der Waals surface area (Å²) in [4.78, 5) is 16.9. The van der Waals surface area contributed by atoms with Crippen molar-refractivity contribution in [2.75, 3.05) is 26.7 Å². The molecular formula is C20H29IN4OS. The van der Waals surface area contributed by atoms with Crippen LogP contribution in [-0.4, -0.2) is 38.5 Å². The minimum Gasteiger partial charge on any atom is -0.356 e. The van der Waals surface area contributed by atoms with Crippen molar-refractivity contribution >= 4 is 47.2 Å². The summed E-state index contributed by atoms with van der Waals surface area (Å²) < 4.78 is 0.